The zero-order valence-corrected chi connectivity index (χ0v) is 24.5. The number of hydrogen-bond donors (Lipinski definition) is 1. The highest BCUT2D eigenvalue weighted by Gasteiger charge is 2.76. The average molecular weight is 557 g/mol. The Kier molecular flexibility index (Phi) is 6.85. The number of nitrogens with one attached hydrogen (secondary N) is 1. The second-order valence-corrected chi connectivity index (χ2v) is 13.5. The number of carbonyl (C=O) groups is 2. The Morgan fingerprint density at radius 1 is 0.976 bits per heavy atom. The van der Waals surface area contributed by atoms with Crippen LogP contribution in [0.3, 0.4) is 0 Å². The monoisotopic (exact) mass is 557 g/mol. The molecule has 7 rings (SSSR count). The fraction of sp³-hybridized carbons (Fsp3) is 0.515. The number of ether oxygens (including phenoxy) is 2. The molecule has 1 heterocycles. The topological polar surface area (TPSA) is 83.1 Å². The van der Waals surface area contributed by atoms with Gasteiger partial charge in [0.25, 0.3) is 0 Å². The Bertz CT molecular complexity index is 1290. The molecule has 0 unspecified atom stereocenters. The van der Waals surface area contributed by atoms with Gasteiger partial charge < -0.3 is 24.1 Å². The highest BCUT2D eigenvalue weighted by molar-refractivity contribution is 6.51. The number of esters is 1. The molecule has 2 bridgehead atoms. The van der Waals surface area contributed by atoms with Crippen LogP contribution in [0, 0.1) is 5.41 Å². The number of hydrogen-bond acceptors (Lipinski definition) is 6. The van der Waals surface area contributed by atoms with Gasteiger partial charge in [-0.2, -0.15) is 0 Å². The molecular formula is C33H40BNO6. The minimum absolute atomic E-state index is 0.0498. The number of benzene rings is 2. The predicted molar refractivity (Wildman–Crippen MR) is 157 cm³/mol. The van der Waals surface area contributed by atoms with E-state index in [9.17, 15) is 9.59 Å². The van der Waals surface area contributed by atoms with Crippen LogP contribution in [-0.2, 0) is 23.6 Å². The van der Waals surface area contributed by atoms with E-state index in [0.29, 0.717) is 6.42 Å². The summed E-state index contributed by atoms with van der Waals surface area (Å²) in [5, 5.41) is 2.86. The van der Waals surface area contributed by atoms with E-state index in [-0.39, 0.29) is 48.2 Å². The van der Waals surface area contributed by atoms with Crippen molar-refractivity contribution in [2.75, 3.05) is 13.2 Å². The van der Waals surface area contributed by atoms with Crippen LogP contribution in [0.5, 0.6) is 0 Å². The normalized spacial score (nSPS) is 27.1. The zero-order valence-electron chi connectivity index (χ0n) is 24.5. The lowest BCUT2D eigenvalue weighted by Crippen LogP contribution is -2.64. The summed E-state index contributed by atoms with van der Waals surface area (Å²) in [5.41, 5.74) is 4.09. The van der Waals surface area contributed by atoms with Gasteiger partial charge in [-0.05, 0) is 87.5 Å². The number of rotatable bonds is 10. The smallest absolute Gasteiger partial charge is 0.460 e. The first-order valence-electron chi connectivity index (χ1n) is 14.7. The van der Waals surface area contributed by atoms with Crippen molar-refractivity contribution >= 4 is 19.2 Å². The molecule has 1 atom stereocenters. The summed E-state index contributed by atoms with van der Waals surface area (Å²) < 4.78 is 23.7. The Morgan fingerprint density at radius 2 is 1.54 bits per heavy atom. The Hall–Kier alpha value is -3.10. The minimum atomic E-state index is -0.785. The first-order chi connectivity index (χ1) is 19.5. The molecule has 4 fully saturated rings. The first kappa shape index (κ1) is 28.0. The van der Waals surface area contributed by atoms with E-state index in [2.05, 4.69) is 63.9 Å². The van der Waals surface area contributed by atoms with Crippen LogP contribution in [-0.4, -0.2) is 49.6 Å². The van der Waals surface area contributed by atoms with Crippen molar-refractivity contribution < 1.29 is 28.4 Å². The number of alkyl carbamates (subject to hydrolysis) is 1. The van der Waals surface area contributed by atoms with Gasteiger partial charge in [0.15, 0.2) is 0 Å². The Labute approximate surface area is 243 Å². The quantitative estimate of drug-likeness (QED) is 0.206. The molecule has 5 aliphatic rings. The van der Waals surface area contributed by atoms with Gasteiger partial charge in [0, 0.05) is 11.2 Å². The minimum Gasteiger partial charge on any atom is -0.460 e. The summed E-state index contributed by atoms with van der Waals surface area (Å²) in [6.45, 7) is 12.3. The van der Waals surface area contributed by atoms with Gasteiger partial charge in [-0.15, -0.1) is 0 Å². The molecule has 0 radical (unpaired) electrons. The second-order valence-electron chi connectivity index (χ2n) is 13.5. The zero-order chi connectivity index (χ0) is 29.0. The molecule has 8 heteroatoms. The lowest BCUT2D eigenvalue weighted by atomic mass is 9.23. The molecule has 3 saturated carbocycles. The van der Waals surface area contributed by atoms with Gasteiger partial charge in [-0.3, -0.25) is 0 Å². The van der Waals surface area contributed by atoms with Gasteiger partial charge in [0.1, 0.15) is 19.3 Å². The number of amides is 1. The molecular weight excluding hydrogens is 517 g/mol. The van der Waals surface area contributed by atoms with Gasteiger partial charge >= 0.3 is 19.2 Å². The largest absolute Gasteiger partial charge is 0.464 e. The van der Waals surface area contributed by atoms with Gasteiger partial charge in [-0.1, -0.05) is 61.2 Å². The van der Waals surface area contributed by atoms with Crippen molar-refractivity contribution in [2.45, 2.75) is 88.3 Å². The fourth-order valence-electron chi connectivity index (χ4n) is 7.42. The molecule has 1 amide bonds. The van der Waals surface area contributed by atoms with Crippen LogP contribution < -0.4 is 5.32 Å². The highest BCUT2D eigenvalue weighted by atomic mass is 16.7. The van der Waals surface area contributed by atoms with E-state index < -0.39 is 18.1 Å². The third-order valence-corrected chi connectivity index (χ3v) is 10.2. The molecule has 0 spiro atoms. The standard InChI is InChI=1S/C33H40BNO6/c1-6-17-38-28(36)27(15-16-32-19-33(20-32,21-32)34-40-30(2,3)31(4,5)41-34)35-29(37)39-18-26-24-13-9-7-11-22(24)23-12-8-10-14-25(23)26/h6-14,26-27H,1,15-21H2,2-5H3,(H,35,37)/t27-,32?,33?/m0/s1. The molecule has 41 heavy (non-hydrogen) atoms. The maximum atomic E-state index is 13.0. The third-order valence-electron chi connectivity index (χ3n) is 10.2. The van der Waals surface area contributed by atoms with Crippen molar-refractivity contribution in [1.29, 1.82) is 0 Å². The van der Waals surface area contributed by atoms with Gasteiger partial charge in [0.05, 0.1) is 11.2 Å². The van der Waals surface area contributed by atoms with Crippen LogP contribution in [0.15, 0.2) is 61.2 Å². The molecule has 4 aliphatic carbocycles. The molecule has 1 aliphatic heterocycles. The summed E-state index contributed by atoms with van der Waals surface area (Å²) in [6, 6.07) is 15.6. The molecule has 1 N–H and O–H groups in total. The summed E-state index contributed by atoms with van der Waals surface area (Å²) in [4.78, 5) is 25.9. The SMILES string of the molecule is C=CCOC(=O)[C@H](CCC12CC(B3OC(C)(C)C(C)(C)O3)(C1)C2)NC(=O)OCC1c2ccccc2-c2ccccc21. The van der Waals surface area contributed by atoms with E-state index in [1.54, 1.807) is 0 Å². The summed E-state index contributed by atoms with van der Waals surface area (Å²) in [6.07, 6.45) is 5.24. The number of carbonyl (C=O) groups excluding carboxylic acids is 2. The van der Waals surface area contributed by atoms with Crippen LogP contribution in [0.1, 0.15) is 76.8 Å². The van der Waals surface area contributed by atoms with E-state index in [4.69, 9.17) is 18.8 Å². The second kappa shape index (κ2) is 10.0. The maximum Gasteiger partial charge on any atom is 0.464 e. The summed E-state index contributed by atoms with van der Waals surface area (Å²) >= 11 is 0. The average Bonchev–Trinajstić information content (AvgIpc) is 3.32. The maximum absolute atomic E-state index is 13.0. The van der Waals surface area contributed by atoms with Crippen molar-refractivity contribution in [3.63, 3.8) is 0 Å². The van der Waals surface area contributed by atoms with Crippen LogP contribution in [0.2, 0.25) is 5.31 Å². The van der Waals surface area contributed by atoms with E-state index in [0.717, 1.165) is 36.8 Å². The Balaban J connectivity index is 1.05. The van der Waals surface area contributed by atoms with E-state index in [1.807, 2.05) is 24.3 Å². The predicted octanol–water partition coefficient (Wildman–Crippen LogP) is 6.42. The fourth-order valence-corrected chi connectivity index (χ4v) is 7.42. The van der Waals surface area contributed by atoms with E-state index >= 15 is 0 Å². The van der Waals surface area contributed by atoms with Crippen molar-refractivity contribution in [3.05, 3.63) is 72.3 Å². The van der Waals surface area contributed by atoms with Crippen molar-refractivity contribution in [1.82, 2.24) is 5.32 Å². The van der Waals surface area contributed by atoms with Gasteiger partial charge in [0.2, 0.25) is 0 Å². The number of fused-ring (bicyclic) bond motifs is 3. The van der Waals surface area contributed by atoms with Crippen LogP contribution >= 0.6 is 0 Å². The van der Waals surface area contributed by atoms with E-state index in [1.165, 1.54) is 17.2 Å². The molecule has 2 aromatic rings. The van der Waals surface area contributed by atoms with Gasteiger partial charge in [-0.25, -0.2) is 9.59 Å². The van der Waals surface area contributed by atoms with Crippen molar-refractivity contribution in [2.24, 2.45) is 5.41 Å². The lowest BCUT2D eigenvalue weighted by Gasteiger charge is -2.71. The third kappa shape index (κ3) is 4.79. The van der Waals surface area contributed by atoms with Crippen LogP contribution in [0.4, 0.5) is 4.79 Å². The Morgan fingerprint density at radius 3 is 2.10 bits per heavy atom. The summed E-state index contributed by atoms with van der Waals surface area (Å²) in [5.74, 6) is -0.517. The molecule has 1 saturated heterocycles. The molecule has 0 aromatic heterocycles. The first-order valence-corrected chi connectivity index (χ1v) is 14.7. The molecule has 7 nitrogen and oxygen atoms in total. The molecule has 2 aromatic carbocycles. The lowest BCUT2D eigenvalue weighted by molar-refractivity contribution is -0.147. The highest BCUT2D eigenvalue weighted by Crippen LogP contribution is 2.82. The molecule has 216 valence electrons. The van der Waals surface area contributed by atoms with Crippen molar-refractivity contribution in [3.8, 4) is 11.1 Å². The summed E-state index contributed by atoms with van der Waals surface area (Å²) in [7, 11) is -0.193. The van der Waals surface area contributed by atoms with Crippen LogP contribution in [0.25, 0.3) is 11.1 Å².